The van der Waals surface area contributed by atoms with Gasteiger partial charge in [0.05, 0.1) is 6.26 Å². The van der Waals surface area contributed by atoms with Gasteiger partial charge in [-0.05, 0) is 24.3 Å². The minimum Gasteiger partial charge on any atom is -0.463 e. The summed E-state index contributed by atoms with van der Waals surface area (Å²) in [5.41, 5.74) is 0.466. The minimum atomic E-state index is -0.810. The second kappa shape index (κ2) is 5.45. The van der Waals surface area contributed by atoms with E-state index < -0.39 is 17.5 Å². The summed E-state index contributed by atoms with van der Waals surface area (Å²) in [4.78, 5) is 16.1. The smallest absolute Gasteiger partial charge is 0.257 e. The monoisotopic (exact) mass is 306 g/mol. The second-order valence-electron chi connectivity index (χ2n) is 4.13. The number of hydrogen-bond donors (Lipinski definition) is 1. The van der Waals surface area contributed by atoms with Gasteiger partial charge in [0.15, 0.2) is 10.9 Å². The third-order valence-electron chi connectivity index (χ3n) is 2.62. The molecule has 0 fully saturated rings. The molecule has 4 nitrogen and oxygen atoms in total. The highest BCUT2D eigenvalue weighted by Crippen LogP contribution is 2.25. The van der Waals surface area contributed by atoms with Gasteiger partial charge >= 0.3 is 0 Å². The van der Waals surface area contributed by atoms with Crippen LogP contribution in [0.25, 0.3) is 11.5 Å². The van der Waals surface area contributed by atoms with Crippen molar-refractivity contribution in [3.05, 3.63) is 59.2 Å². The minimum absolute atomic E-state index is 0.109. The molecule has 0 spiro atoms. The maximum atomic E-state index is 13.1. The number of rotatable bonds is 3. The Balaban J connectivity index is 1.79. The first-order valence-corrected chi connectivity index (χ1v) is 6.76. The first-order valence-electron chi connectivity index (χ1n) is 5.89. The molecule has 2 heterocycles. The van der Waals surface area contributed by atoms with Crippen molar-refractivity contribution < 1.29 is 18.0 Å². The molecule has 0 saturated carbocycles. The lowest BCUT2D eigenvalue weighted by Gasteiger charge is -2.02. The average Bonchev–Trinajstić information content (AvgIpc) is 3.07. The number of benzene rings is 1. The third-order valence-corrected chi connectivity index (χ3v) is 3.38. The summed E-state index contributed by atoms with van der Waals surface area (Å²) in [7, 11) is 0. The van der Waals surface area contributed by atoms with Gasteiger partial charge in [0, 0.05) is 17.0 Å². The lowest BCUT2D eigenvalue weighted by molar-refractivity contribution is 0.102. The largest absolute Gasteiger partial charge is 0.463 e. The zero-order chi connectivity index (χ0) is 14.8. The Morgan fingerprint density at radius 1 is 1.24 bits per heavy atom. The van der Waals surface area contributed by atoms with E-state index in [2.05, 4.69) is 10.3 Å². The first-order chi connectivity index (χ1) is 10.1. The molecule has 0 aliphatic carbocycles. The fraction of sp³-hybridized carbons (Fsp3) is 0. The summed E-state index contributed by atoms with van der Waals surface area (Å²) in [6.07, 6.45) is 1.52. The number of thiazole rings is 1. The fourth-order valence-corrected chi connectivity index (χ4v) is 2.42. The Kier molecular flexibility index (Phi) is 3.49. The summed E-state index contributed by atoms with van der Waals surface area (Å²) < 4.78 is 31.3. The van der Waals surface area contributed by atoms with E-state index >= 15 is 0 Å². The summed E-state index contributed by atoms with van der Waals surface area (Å²) in [6, 6.07) is 6.08. The van der Waals surface area contributed by atoms with Crippen molar-refractivity contribution >= 4 is 22.4 Å². The van der Waals surface area contributed by atoms with Gasteiger partial charge in [-0.25, -0.2) is 13.8 Å². The molecule has 0 aliphatic rings. The molecule has 21 heavy (non-hydrogen) atoms. The van der Waals surface area contributed by atoms with E-state index in [-0.39, 0.29) is 5.56 Å². The number of amides is 1. The maximum Gasteiger partial charge on any atom is 0.257 e. The van der Waals surface area contributed by atoms with Crippen LogP contribution in [0.5, 0.6) is 0 Å². The normalized spacial score (nSPS) is 10.6. The maximum absolute atomic E-state index is 13.1. The Hall–Kier alpha value is -2.54. The average molecular weight is 306 g/mol. The van der Waals surface area contributed by atoms with Gasteiger partial charge in [-0.3, -0.25) is 10.1 Å². The Labute approximate surface area is 122 Å². The van der Waals surface area contributed by atoms with Crippen LogP contribution in [-0.4, -0.2) is 10.9 Å². The third kappa shape index (κ3) is 2.97. The number of halogens is 2. The van der Waals surface area contributed by atoms with Crippen LogP contribution in [0, 0.1) is 11.6 Å². The van der Waals surface area contributed by atoms with Crippen LogP contribution < -0.4 is 5.32 Å². The van der Waals surface area contributed by atoms with Crippen molar-refractivity contribution in [2.24, 2.45) is 0 Å². The van der Waals surface area contributed by atoms with Crippen molar-refractivity contribution in [1.29, 1.82) is 0 Å². The molecule has 1 amide bonds. The van der Waals surface area contributed by atoms with Gasteiger partial charge in [-0.2, -0.15) is 0 Å². The van der Waals surface area contributed by atoms with E-state index in [0.717, 1.165) is 12.1 Å². The number of carbonyl (C=O) groups is 1. The van der Waals surface area contributed by atoms with Crippen molar-refractivity contribution in [3.63, 3.8) is 0 Å². The van der Waals surface area contributed by atoms with Crippen LogP contribution in [0.4, 0.5) is 13.9 Å². The van der Waals surface area contributed by atoms with Crippen molar-refractivity contribution in [2.75, 3.05) is 5.32 Å². The van der Waals surface area contributed by atoms with Crippen LogP contribution in [0.15, 0.2) is 46.4 Å². The van der Waals surface area contributed by atoms with Crippen molar-refractivity contribution in [2.45, 2.75) is 0 Å². The summed E-state index contributed by atoms with van der Waals surface area (Å²) in [6.45, 7) is 0. The standard InChI is InChI=1S/C14H8F2N2O2S/c15-9-4-8(5-10(16)6-9)13(19)18-14-17-11(7-21-14)12-2-1-3-20-12/h1-7H,(H,17,18,19). The van der Waals surface area contributed by atoms with E-state index in [1.807, 2.05) is 0 Å². The van der Waals surface area contributed by atoms with Gasteiger partial charge in [-0.15, -0.1) is 11.3 Å². The predicted molar refractivity (Wildman–Crippen MR) is 74.1 cm³/mol. The fourth-order valence-electron chi connectivity index (χ4n) is 1.72. The highest BCUT2D eigenvalue weighted by Gasteiger charge is 2.13. The molecule has 0 saturated heterocycles. The molecule has 0 radical (unpaired) electrons. The molecule has 3 aromatic rings. The molecule has 106 valence electrons. The Morgan fingerprint density at radius 2 is 2.00 bits per heavy atom. The zero-order valence-electron chi connectivity index (χ0n) is 10.5. The molecular formula is C14H8F2N2O2S. The Bertz CT molecular complexity index is 764. The quantitative estimate of drug-likeness (QED) is 0.797. The van der Waals surface area contributed by atoms with Crippen LogP contribution in [0.2, 0.25) is 0 Å². The number of anilines is 1. The second-order valence-corrected chi connectivity index (χ2v) is 4.99. The van der Waals surface area contributed by atoms with Crippen molar-refractivity contribution in [1.82, 2.24) is 4.98 Å². The van der Waals surface area contributed by atoms with Crippen LogP contribution in [0.1, 0.15) is 10.4 Å². The van der Waals surface area contributed by atoms with E-state index in [1.165, 1.54) is 17.6 Å². The first kappa shape index (κ1) is 13.4. The van der Waals surface area contributed by atoms with Gasteiger partial charge in [0.25, 0.3) is 5.91 Å². The van der Waals surface area contributed by atoms with Crippen molar-refractivity contribution in [3.8, 4) is 11.5 Å². The predicted octanol–water partition coefficient (Wildman–Crippen LogP) is 3.93. The lowest BCUT2D eigenvalue weighted by Crippen LogP contribution is -2.12. The topological polar surface area (TPSA) is 55.1 Å². The molecule has 0 atom stereocenters. The summed E-state index contributed by atoms with van der Waals surface area (Å²) >= 11 is 1.19. The molecule has 7 heteroatoms. The number of hydrogen-bond acceptors (Lipinski definition) is 4. The van der Waals surface area contributed by atoms with Crippen LogP contribution in [-0.2, 0) is 0 Å². The van der Waals surface area contributed by atoms with Crippen LogP contribution >= 0.6 is 11.3 Å². The van der Waals surface area contributed by atoms with Gasteiger partial charge in [0.1, 0.15) is 17.3 Å². The number of furan rings is 1. The van der Waals surface area contributed by atoms with Gasteiger partial charge < -0.3 is 4.42 Å². The SMILES string of the molecule is O=C(Nc1nc(-c2ccco2)cs1)c1cc(F)cc(F)c1. The molecule has 1 aromatic carbocycles. The van der Waals surface area contributed by atoms with E-state index in [9.17, 15) is 13.6 Å². The van der Waals surface area contributed by atoms with E-state index in [1.54, 1.807) is 17.5 Å². The van der Waals surface area contributed by atoms with Gasteiger partial charge in [0.2, 0.25) is 0 Å². The lowest BCUT2D eigenvalue weighted by atomic mass is 10.2. The van der Waals surface area contributed by atoms with Crippen LogP contribution in [0.3, 0.4) is 0 Å². The Morgan fingerprint density at radius 3 is 2.67 bits per heavy atom. The number of nitrogens with one attached hydrogen (secondary N) is 1. The van der Waals surface area contributed by atoms with E-state index in [0.29, 0.717) is 22.7 Å². The van der Waals surface area contributed by atoms with E-state index in [4.69, 9.17) is 4.42 Å². The molecule has 1 N–H and O–H groups in total. The van der Waals surface area contributed by atoms with Gasteiger partial charge in [-0.1, -0.05) is 0 Å². The molecule has 0 bridgehead atoms. The molecule has 3 rings (SSSR count). The summed E-state index contributed by atoms with van der Waals surface area (Å²) in [5.74, 6) is -1.68. The summed E-state index contributed by atoms with van der Waals surface area (Å²) in [5, 5.41) is 4.51. The number of carbonyl (C=O) groups excluding carboxylic acids is 1. The number of nitrogens with zero attached hydrogens (tertiary/aromatic N) is 1. The highest BCUT2D eigenvalue weighted by molar-refractivity contribution is 7.14. The molecule has 2 aromatic heterocycles. The molecular weight excluding hydrogens is 298 g/mol. The highest BCUT2D eigenvalue weighted by atomic mass is 32.1. The molecule has 0 aliphatic heterocycles. The zero-order valence-corrected chi connectivity index (χ0v) is 11.3. The molecule has 0 unspecified atom stereocenters. The number of aromatic nitrogens is 1.